The molecule has 1 aliphatic heterocycles. The van der Waals surface area contributed by atoms with Crippen LogP contribution in [0.4, 0.5) is 11.4 Å². The number of hydrogen-bond donors (Lipinski definition) is 2. The molecule has 0 saturated heterocycles. The van der Waals surface area contributed by atoms with Gasteiger partial charge in [0.15, 0.2) is 6.61 Å². The summed E-state index contributed by atoms with van der Waals surface area (Å²) in [6.07, 6.45) is 1.18. The molecule has 0 radical (unpaired) electrons. The zero-order chi connectivity index (χ0) is 11.5. The van der Waals surface area contributed by atoms with Crippen molar-refractivity contribution in [3.63, 3.8) is 0 Å². The van der Waals surface area contributed by atoms with E-state index in [-0.39, 0.29) is 18.4 Å². The van der Waals surface area contributed by atoms with Crippen LogP contribution in [0.3, 0.4) is 0 Å². The van der Waals surface area contributed by atoms with Crippen LogP contribution >= 0.6 is 0 Å². The van der Waals surface area contributed by atoms with E-state index < -0.39 is 0 Å². The molecule has 0 spiro atoms. The van der Waals surface area contributed by atoms with Crippen LogP contribution in [0.25, 0.3) is 0 Å². The fraction of sp³-hybridized carbons (Fsp3) is 0.0909. The van der Waals surface area contributed by atoms with E-state index in [9.17, 15) is 9.59 Å². The van der Waals surface area contributed by atoms with E-state index in [1.807, 2.05) is 0 Å². The van der Waals surface area contributed by atoms with Gasteiger partial charge in [-0.05, 0) is 24.3 Å². The molecule has 82 valence electrons. The average Bonchev–Trinajstić information content (AvgIpc) is 2.28. The Morgan fingerprint density at radius 3 is 3.12 bits per heavy atom. The lowest BCUT2D eigenvalue weighted by Crippen LogP contribution is -2.25. The molecule has 0 saturated carbocycles. The largest absolute Gasteiger partial charge is 0.482 e. The highest BCUT2D eigenvalue weighted by molar-refractivity contribution is 6.00. The van der Waals surface area contributed by atoms with Gasteiger partial charge in [0.1, 0.15) is 5.75 Å². The second-order valence-electron chi connectivity index (χ2n) is 3.24. The van der Waals surface area contributed by atoms with Gasteiger partial charge in [0.2, 0.25) is 5.91 Å². The summed E-state index contributed by atoms with van der Waals surface area (Å²) in [6.45, 7) is 3.37. The van der Waals surface area contributed by atoms with Gasteiger partial charge in [0.25, 0.3) is 5.91 Å². The number of hydrogen-bond acceptors (Lipinski definition) is 3. The molecule has 0 fully saturated rings. The molecular formula is C11H10N2O3. The highest BCUT2D eigenvalue weighted by Gasteiger charge is 2.15. The maximum absolute atomic E-state index is 11.1. The third kappa shape index (κ3) is 2.03. The Balaban J connectivity index is 2.24. The van der Waals surface area contributed by atoms with Crippen LogP contribution in [0.1, 0.15) is 0 Å². The molecule has 0 aliphatic carbocycles. The Labute approximate surface area is 92.1 Å². The molecule has 16 heavy (non-hydrogen) atoms. The molecule has 2 amide bonds. The quantitative estimate of drug-likeness (QED) is 0.731. The van der Waals surface area contributed by atoms with E-state index in [1.165, 1.54) is 6.08 Å². The Morgan fingerprint density at radius 1 is 1.56 bits per heavy atom. The Hall–Kier alpha value is -2.30. The summed E-state index contributed by atoms with van der Waals surface area (Å²) in [5.41, 5.74) is 1.13. The lowest BCUT2D eigenvalue weighted by atomic mass is 10.2. The standard InChI is InChI=1S/C11H10N2O3/c1-2-10(14)12-7-3-4-9-8(5-7)13-11(15)6-16-9/h2-5H,1,6H2,(H,12,14)(H,13,15). The van der Waals surface area contributed by atoms with Crippen molar-refractivity contribution in [1.29, 1.82) is 0 Å². The number of nitrogens with one attached hydrogen (secondary N) is 2. The van der Waals surface area contributed by atoms with Crippen LogP contribution in [0.15, 0.2) is 30.9 Å². The van der Waals surface area contributed by atoms with E-state index in [4.69, 9.17) is 4.74 Å². The number of rotatable bonds is 2. The van der Waals surface area contributed by atoms with Crippen LogP contribution in [-0.4, -0.2) is 18.4 Å². The minimum absolute atomic E-state index is 0.0192. The molecule has 5 heteroatoms. The van der Waals surface area contributed by atoms with Crippen molar-refractivity contribution in [3.05, 3.63) is 30.9 Å². The van der Waals surface area contributed by atoms with Gasteiger partial charge >= 0.3 is 0 Å². The monoisotopic (exact) mass is 218 g/mol. The second-order valence-corrected chi connectivity index (χ2v) is 3.24. The van der Waals surface area contributed by atoms with E-state index >= 15 is 0 Å². The van der Waals surface area contributed by atoms with Gasteiger partial charge in [-0.25, -0.2) is 0 Å². The Morgan fingerprint density at radius 2 is 2.38 bits per heavy atom. The minimum atomic E-state index is -0.303. The molecule has 0 unspecified atom stereocenters. The molecule has 5 nitrogen and oxygen atoms in total. The van der Waals surface area contributed by atoms with E-state index in [0.717, 1.165) is 0 Å². The summed E-state index contributed by atoms with van der Waals surface area (Å²) in [7, 11) is 0. The topological polar surface area (TPSA) is 67.4 Å². The molecule has 1 aromatic carbocycles. The number of ether oxygens (including phenoxy) is 1. The number of fused-ring (bicyclic) bond motifs is 1. The molecule has 1 heterocycles. The van der Waals surface area contributed by atoms with Crippen molar-refractivity contribution in [2.75, 3.05) is 17.2 Å². The van der Waals surface area contributed by atoms with Gasteiger partial charge < -0.3 is 15.4 Å². The summed E-state index contributed by atoms with van der Waals surface area (Å²) in [6, 6.07) is 5.01. The normalized spacial score (nSPS) is 13.1. The summed E-state index contributed by atoms with van der Waals surface area (Å²) < 4.78 is 5.18. The predicted molar refractivity (Wildman–Crippen MR) is 59.4 cm³/mol. The zero-order valence-corrected chi connectivity index (χ0v) is 8.45. The average molecular weight is 218 g/mol. The molecule has 0 aromatic heterocycles. The highest BCUT2D eigenvalue weighted by atomic mass is 16.5. The van der Waals surface area contributed by atoms with Gasteiger partial charge in [-0.1, -0.05) is 6.58 Å². The first kappa shape index (κ1) is 10.2. The van der Waals surface area contributed by atoms with Crippen molar-refractivity contribution >= 4 is 23.2 Å². The van der Waals surface area contributed by atoms with Crippen molar-refractivity contribution in [2.24, 2.45) is 0 Å². The van der Waals surface area contributed by atoms with Crippen LogP contribution in [0.2, 0.25) is 0 Å². The molecule has 0 bridgehead atoms. The number of benzene rings is 1. The SMILES string of the molecule is C=CC(=O)Nc1ccc2c(c1)NC(=O)CO2. The second kappa shape index (κ2) is 4.06. The molecule has 2 N–H and O–H groups in total. The fourth-order valence-electron chi connectivity index (χ4n) is 1.35. The van der Waals surface area contributed by atoms with Crippen LogP contribution < -0.4 is 15.4 Å². The molecule has 2 rings (SSSR count). The highest BCUT2D eigenvalue weighted by Crippen LogP contribution is 2.30. The van der Waals surface area contributed by atoms with Crippen LogP contribution in [0, 0.1) is 0 Å². The first-order valence-corrected chi connectivity index (χ1v) is 4.69. The van der Waals surface area contributed by atoms with Crippen LogP contribution in [0.5, 0.6) is 5.75 Å². The predicted octanol–water partition coefficient (Wildman–Crippen LogP) is 1.14. The third-order valence-corrected chi connectivity index (χ3v) is 2.07. The summed E-state index contributed by atoms with van der Waals surface area (Å²) in [4.78, 5) is 22.1. The third-order valence-electron chi connectivity index (χ3n) is 2.07. The summed E-state index contributed by atoms with van der Waals surface area (Å²) in [5, 5.41) is 5.24. The first-order valence-electron chi connectivity index (χ1n) is 4.69. The summed E-state index contributed by atoms with van der Waals surface area (Å²) in [5.74, 6) is 0.0823. The maximum Gasteiger partial charge on any atom is 0.262 e. The van der Waals surface area contributed by atoms with Crippen molar-refractivity contribution in [2.45, 2.75) is 0 Å². The molecular weight excluding hydrogens is 208 g/mol. The number of amides is 2. The lowest BCUT2D eigenvalue weighted by molar-refractivity contribution is -0.118. The Bertz CT molecular complexity index is 468. The number of carbonyl (C=O) groups is 2. The fourth-order valence-corrected chi connectivity index (χ4v) is 1.35. The minimum Gasteiger partial charge on any atom is -0.482 e. The zero-order valence-electron chi connectivity index (χ0n) is 8.45. The van der Waals surface area contributed by atoms with Gasteiger partial charge in [0.05, 0.1) is 5.69 Å². The Kier molecular flexibility index (Phi) is 2.59. The molecule has 1 aromatic rings. The van der Waals surface area contributed by atoms with E-state index in [1.54, 1.807) is 18.2 Å². The van der Waals surface area contributed by atoms with Gasteiger partial charge in [0, 0.05) is 5.69 Å². The van der Waals surface area contributed by atoms with E-state index in [0.29, 0.717) is 17.1 Å². The number of carbonyl (C=O) groups excluding carboxylic acids is 2. The molecule has 1 aliphatic rings. The summed E-state index contributed by atoms with van der Waals surface area (Å²) >= 11 is 0. The van der Waals surface area contributed by atoms with Crippen molar-refractivity contribution < 1.29 is 14.3 Å². The molecule has 0 atom stereocenters. The van der Waals surface area contributed by atoms with Gasteiger partial charge in [-0.15, -0.1) is 0 Å². The van der Waals surface area contributed by atoms with Crippen molar-refractivity contribution in [3.8, 4) is 5.75 Å². The van der Waals surface area contributed by atoms with Crippen molar-refractivity contribution in [1.82, 2.24) is 0 Å². The lowest BCUT2D eigenvalue weighted by Gasteiger charge is -2.18. The smallest absolute Gasteiger partial charge is 0.262 e. The van der Waals surface area contributed by atoms with Gasteiger partial charge in [-0.2, -0.15) is 0 Å². The maximum atomic E-state index is 11.1. The number of anilines is 2. The first-order chi connectivity index (χ1) is 7.69. The van der Waals surface area contributed by atoms with Crippen LogP contribution in [-0.2, 0) is 9.59 Å². The van der Waals surface area contributed by atoms with E-state index in [2.05, 4.69) is 17.2 Å². The van der Waals surface area contributed by atoms with Gasteiger partial charge in [-0.3, -0.25) is 9.59 Å².